The van der Waals surface area contributed by atoms with Crippen LogP contribution < -0.4 is 5.32 Å². The Balaban J connectivity index is 1.61. The van der Waals surface area contributed by atoms with Gasteiger partial charge < -0.3 is 14.8 Å². The lowest BCUT2D eigenvalue weighted by Gasteiger charge is -2.30. The second-order valence-electron chi connectivity index (χ2n) is 9.50. The van der Waals surface area contributed by atoms with E-state index in [4.69, 9.17) is 11.6 Å². The fourth-order valence-corrected chi connectivity index (χ4v) is 5.44. The van der Waals surface area contributed by atoms with Crippen LogP contribution in [-0.4, -0.2) is 83.2 Å². The zero-order valence-corrected chi connectivity index (χ0v) is 22.8. The van der Waals surface area contributed by atoms with Crippen molar-refractivity contribution >= 4 is 27.6 Å². The fourth-order valence-electron chi connectivity index (χ4n) is 4.25. The van der Waals surface area contributed by atoms with Gasteiger partial charge in [0, 0.05) is 38.1 Å². The Morgan fingerprint density at radius 2 is 1.89 bits per heavy atom. The average molecular weight is 572 g/mol. The molecule has 0 amide bonds. The lowest BCUT2D eigenvalue weighted by Crippen LogP contribution is -2.42. The summed E-state index contributed by atoms with van der Waals surface area (Å²) >= 11 is 6.63. The van der Waals surface area contributed by atoms with Gasteiger partial charge >= 0.3 is 6.18 Å². The average Bonchev–Trinajstić information content (AvgIpc) is 3.32. The molecule has 1 N–H and O–H groups in total. The maximum absolute atomic E-state index is 13.9. The minimum atomic E-state index is -4.69. The number of anilines is 1. The maximum atomic E-state index is 13.9. The number of rotatable bonds is 8. The van der Waals surface area contributed by atoms with E-state index in [2.05, 4.69) is 20.3 Å². The Kier molecular flexibility index (Phi) is 8.31. The Morgan fingerprint density at radius 3 is 2.53 bits per heavy atom. The van der Waals surface area contributed by atoms with Gasteiger partial charge in [0.2, 0.25) is 16.0 Å². The summed E-state index contributed by atoms with van der Waals surface area (Å²) in [4.78, 5) is 14.3. The molecule has 1 fully saturated rings. The quantitative estimate of drug-likeness (QED) is 0.437. The number of hydrogen-bond donors (Lipinski definition) is 1. The molecule has 0 radical (unpaired) electrons. The zero-order valence-electron chi connectivity index (χ0n) is 21.2. The molecule has 9 nitrogen and oxygen atoms in total. The molecule has 3 aromatic rings. The smallest absolute Gasteiger partial charge is 0.351 e. The van der Waals surface area contributed by atoms with E-state index in [1.165, 1.54) is 16.8 Å². The van der Waals surface area contributed by atoms with Crippen LogP contribution >= 0.6 is 11.6 Å². The first-order valence-electron chi connectivity index (χ1n) is 12.0. The molecule has 0 atom stereocenters. The Bertz CT molecular complexity index is 1390. The van der Waals surface area contributed by atoms with E-state index in [1.54, 1.807) is 10.6 Å². The molecule has 206 valence electrons. The normalized spacial score (nSPS) is 15.8. The molecular formula is C24H29ClF3N7O2S. The molecule has 3 heterocycles. The van der Waals surface area contributed by atoms with Gasteiger partial charge in [-0.1, -0.05) is 23.7 Å². The highest BCUT2D eigenvalue weighted by molar-refractivity contribution is 7.88. The van der Waals surface area contributed by atoms with Crippen LogP contribution in [0.5, 0.6) is 0 Å². The number of nitrogens with one attached hydrogen (secondary N) is 1. The fraction of sp³-hybridized carbons (Fsp3) is 0.458. The van der Waals surface area contributed by atoms with Crippen molar-refractivity contribution in [1.82, 2.24) is 28.7 Å². The number of alkyl halides is 3. The van der Waals surface area contributed by atoms with E-state index in [9.17, 15) is 21.6 Å². The zero-order chi connectivity index (χ0) is 27.7. The number of hydrogen-bond acceptors (Lipinski definition) is 7. The molecule has 14 heteroatoms. The number of nitrogens with zero attached hydrogens (tertiary/aromatic N) is 6. The molecule has 0 aliphatic carbocycles. The summed E-state index contributed by atoms with van der Waals surface area (Å²) in [7, 11) is 0.626. The largest absolute Gasteiger partial charge is 0.420 e. The molecule has 0 bridgehead atoms. The molecule has 1 aliphatic rings. The molecule has 4 rings (SSSR count). The monoisotopic (exact) mass is 571 g/mol. The van der Waals surface area contributed by atoms with Gasteiger partial charge in [0.05, 0.1) is 17.0 Å². The lowest BCUT2D eigenvalue weighted by atomic mass is 10.1. The third kappa shape index (κ3) is 6.63. The summed E-state index contributed by atoms with van der Waals surface area (Å²) in [6.07, 6.45) is 1.73. The van der Waals surface area contributed by atoms with Crippen molar-refractivity contribution in [2.45, 2.75) is 31.5 Å². The van der Waals surface area contributed by atoms with Crippen LogP contribution in [-0.2, 0) is 22.6 Å². The van der Waals surface area contributed by atoms with Crippen LogP contribution in [0, 0.1) is 0 Å². The first-order valence-corrected chi connectivity index (χ1v) is 14.2. The minimum Gasteiger partial charge on any atom is -0.351 e. The van der Waals surface area contributed by atoms with Gasteiger partial charge in [0.25, 0.3) is 0 Å². The Labute approximate surface area is 224 Å². The molecule has 0 unspecified atom stereocenters. The van der Waals surface area contributed by atoms with E-state index < -0.39 is 21.8 Å². The lowest BCUT2D eigenvalue weighted by molar-refractivity contribution is -0.137. The molecular weight excluding hydrogens is 543 g/mol. The predicted molar refractivity (Wildman–Crippen MR) is 140 cm³/mol. The SMILES string of the molecule is CN(C)CCc1cccc(-n2cnc(-c3nc(NC4CCN(S(C)(=O)=O)CC4)ncc3C(F)(F)F)c2)c1Cl. The summed E-state index contributed by atoms with van der Waals surface area (Å²) in [5, 5.41) is 3.55. The van der Waals surface area contributed by atoms with Gasteiger partial charge in [0.1, 0.15) is 23.3 Å². The summed E-state index contributed by atoms with van der Waals surface area (Å²) in [6.45, 7) is 1.41. The number of likely N-dealkylation sites (N-methyl/N-ethyl adjacent to an activating group) is 1. The second-order valence-corrected chi connectivity index (χ2v) is 11.9. The standard InChI is InChI=1S/C24H29ClF3N7O2S/c1-33(2)10-7-16-5-4-6-20(21(16)25)34-14-19(30-15-34)22-18(24(26,27)28)13-29-23(32-22)31-17-8-11-35(12-9-17)38(3,36)37/h4-6,13-15,17H,7-12H2,1-3H3,(H,29,31,32). The first-order chi connectivity index (χ1) is 17.8. The number of sulfonamides is 1. The first kappa shape index (κ1) is 28.3. The topological polar surface area (TPSA) is 96.3 Å². The van der Waals surface area contributed by atoms with Crippen LogP contribution in [0.2, 0.25) is 5.02 Å². The number of imidazole rings is 1. The van der Waals surface area contributed by atoms with Crippen molar-refractivity contribution in [3.8, 4) is 17.1 Å². The van der Waals surface area contributed by atoms with Crippen molar-refractivity contribution in [3.63, 3.8) is 0 Å². The van der Waals surface area contributed by atoms with Crippen molar-refractivity contribution in [3.05, 3.63) is 53.1 Å². The predicted octanol–water partition coefficient (Wildman–Crippen LogP) is 3.94. The van der Waals surface area contributed by atoms with Gasteiger partial charge in [-0.3, -0.25) is 0 Å². The van der Waals surface area contributed by atoms with Crippen molar-refractivity contribution in [1.29, 1.82) is 0 Å². The van der Waals surface area contributed by atoms with E-state index in [0.717, 1.165) is 24.6 Å². The van der Waals surface area contributed by atoms with Crippen LogP contribution in [0.15, 0.2) is 36.9 Å². The molecule has 1 aromatic carbocycles. The number of benzene rings is 1. The highest BCUT2D eigenvalue weighted by Gasteiger charge is 2.36. The maximum Gasteiger partial charge on any atom is 0.420 e. The van der Waals surface area contributed by atoms with E-state index >= 15 is 0 Å². The van der Waals surface area contributed by atoms with Gasteiger partial charge in [-0.05, 0) is 45.0 Å². The Hall–Kier alpha value is -2.74. The second kappa shape index (κ2) is 11.2. The van der Waals surface area contributed by atoms with Crippen LogP contribution in [0.4, 0.5) is 19.1 Å². The van der Waals surface area contributed by atoms with Crippen molar-refractivity contribution < 1.29 is 21.6 Å². The molecule has 0 spiro atoms. The van der Waals surface area contributed by atoms with Crippen LogP contribution in [0.25, 0.3) is 17.1 Å². The molecule has 0 saturated carbocycles. The van der Waals surface area contributed by atoms with Crippen LogP contribution in [0.3, 0.4) is 0 Å². The van der Waals surface area contributed by atoms with Gasteiger partial charge in [0.15, 0.2) is 0 Å². The molecule has 1 saturated heterocycles. The minimum absolute atomic E-state index is 0.0177. The van der Waals surface area contributed by atoms with E-state index in [1.807, 2.05) is 31.1 Å². The summed E-state index contributed by atoms with van der Waals surface area (Å²) in [6, 6.07) is 5.35. The van der Waals surface area contributed by atoms with Gasteiger partial charge in [-0.25, -0.2) is 27.7 Å². The highest BCUT2D eigenvalue weighted by Crippen LogP contribution is 2.36. The number of halogens is 4. The van der Waals surface area contributed by atoms with Crippen molar-refractivity contribution in [2.24, 2.45) is 0 Å². The van der Waals surface area contributed by atoms with E-state index in [-0.39, 0.29) is 23.4 Å². The number of aromatic nitrogens is 4. The summed E-state index contributed by atoms with van der Waals surface area (Å²) < 4.78 is 68.0. The summed E-state index contributed by atoms with van der Waals surface area (Å²) in [5.74, 6) is 0.0177. The third-order valence-electron chi connectivity index (χ3n) is 6.34. The molecule has 2 aromatic heterocycles. The summed E-state index contributed by atoms with van der Waals surface area (Å²) in [5.41, 5.74) is 0.164. The molecule has 38 heavy (non-hydrogen) atoms. The molecule has 1 aliphatic heterocycles. The van der Waals surface area contributed by atoms with Crippen LogP contribution in [0.1, 0.15) is 24.0 Å². The highest BCUT2D eigenvalue weighted by atomic mass is 35.5. The van der Waals surface area contributed by atoms with Gasteiger partial charge in [-0.15, -0.1) is 0 Å². The third-order valence-corrected chi connectivity index (χ3v) is 8.08. The van der Waals surface area contributed by atoms with Gasteiger partial charge in [-0.2, -0.15) is 13.2 Å². The van der Waals surface area contributed by atoms with Crippen molar-refractivity contribution in [2.75, 3.05) is 45.3 Å². The van der Waals surface area contributed by atoms with E-state index in [0.29, 0.717) is 43.1 Å². The number of piperidine rings is 1. The Morgan fingerprint density at radius 1 is 1.18 bits per heavy atom.